The van der Waals surface area contributed by atoms with E-state index in [1.54, 1.807) is 31.2 Å². The van der Waals surface area contributed by atoms with Crippen LogP contribution in [0.3, 0.4) is 0 Å². The van der Waals surface area contributed by atoms with Gasteiger partial charge in [-0.3, -0.25) is 13.9 Å². The van der Waals surface area contributed by atoms with Gasteiger partial charge in [0.2, 0.25) is 11.8 Å². The fourth-order valence-electron chi connectivity index (χ4n) is 4.16. The third-order valence-electron chi connectivity index (χ3n) is 6.16. The highest BCUT2D eigenvalue weighted by Crippen LogP contribution is 2.28. The number of nitrogens with one attached hydrogen (secondary N) is 1. The normalized spacial score (nSPS) is 12.5. The van der Waals surface area contributed by atoms with Crippen LogP contribution in [0.5, 0.6) is 0 Å². The minimum atomic E-state index is -4.09. The summed E-state index contributed by atoms with van der Waals surface area (Å²) < 4.78 is 29.8. The van der Waals surface area contributed by atoms with E-state index < -0.39 is 34.1 Å². The van der Waals surface area contributed by atoms with Gasteiger partial charge in [-0.1, -0.05) is 64.0 Å². The molecule has 0 saturated heterocycles. The van der Waals surface area contributed by atoms with Gasteiger partial charge >= 0.3 is 0 Å². The summed E-state index contributed by atoms with van der Waals surface area (Å²) in [6, 6.07) is 20.1. The lowest BCUT2D eigenvalue weighted by Crippen LogP contribution is -2.54. The monoisotopic (exact) mass is 613 g/mol. The number of hydrogen-bond donors (Lipinski definition) is 1. The summed E-state index contributed by atoms with van der Waals surface area (Å²) in [7, 11) is -4.09. The van der Waals surface area contributed by atoms with E-state index in [2.05, 4.69) is 21.2 Å². The average molecular weight is 615 g/mol. The summed E-state index contributed by atoms with van der Waals surface area (Å²) in [4.78, 5) is 28.7. The molecule has 7 nitrogen and oxygen atoms in total. The number of nitrogens with zero attached hydrogens (tertiary/aromatic N) is 2. The van der Waals surface area contributed by atoms with Gasteiger partial charge in [-0.15, -0.1) is 0 Å². The molecule has 0 bridgehead atoms. The fourth-order valence-corrected chi connectivity index (χ4v) is 5.93. The highest BCUT2D eigenvalue weighted by Gasteiger charge is 2.33. The fraction of sp³-hybridized carbons (Fsp3) is 0.333. The first-order valence-corrected chi connectivity index (χ1v) is 14.9. The highest BCUT2D eigenvalue weighted by molar-refractivity contribution is 9.10. The molecule has 1 N–H and O–H groups in total. The van der Waals surface area contributed by atoms with Crippen molar-refractivity contribution < 1.29 is 18.0 Å². The third-order valence-corrected chi connectivity index (χ3v) is 8.47. The molecule has 0 radical (unpaired) electrons. The molecule has 0 saturated carbocycles. The van der Waals surface area contributed by atoms with Crippen molar-refractivity contribution in [3.05, 3.63) is 94.0 Å². The van der Waals surface area contributed by atoms with Crippen LogP contribution in [0.15, 0.2) is 82.2 Å². The summed E-state index contributed by atoms with van der Waals surface area (Å²) in [5.74, 6) is -0.814. The number of hydrogen-bond acceptors (Lipinski definition) is 4. The molecule has 1 atom stereocenters. The Morgan fingerprint density at radius 2 is 1.56 bits per heavy atom. The second-order valence-electron chi connectivity index (χ2n) is 10.7. The van der Waals surface area contributed by atoms with E-state index in [4.69, 9.17) is 0 Å². The highest BCUT2D eigenvalue weighted by atomic mass is 79.9. The van der Waals surface area contributed by atoms with Crippen molar-refractivity contribution in [3.63, 3.8) is 0 Å². The number of halogens is 1. The van der Waals surface area contributed by atoms with E-state index in [1.165, 1.54) is 17.0 Å². The van der Waals surface area contributed by atoms with Crippen LogP contribution in [0, 0.1) is 13.8 Å². The van der Waals surface area contributed by atoms with Crippen LogP contribution < -0.4 is 9.62 Å². The molecule has 3 aromatic rings. The second-order valence-corrected chi connectivity index (χ2v) is 13.5. The number of carbonyl (C=O) groups is 2. The van der Waals surface area contributed by atoms with Gasteiger partial charge in [0.15, 0.2) is 0 Å². The zero-order chi connectivity index (χ0) is 29.0. The Hall–Kier alpha value is -3.17. The Morgan fingerprint density at radius 1 is 0.949 bits per heavy atom. The number of rotatable bonds is 9. The number of amides is 2. The van der Waals surface area contributed by atoms with Crippen molar-refractivity contribution in [2.75, 3.05) is 10.8 Å². The van der Waals surface area contributed by atoms with Crippen LogP contribution in [0.1, 0.15) is 44.4 Å². The SMILES string of the molecule is Cc1ccc(N(CC(=O)N(Cc2ccc(Br)cc2)[C@@H](C)C(=O)NC(C)(C)C)S(=O)(=O)c2ccccc2)c(C)c1. The molecule has 0 aliphatic heterocycles. The molecule has 0 aliphatic rings. The van der Waals surface area contributed by atoms with Gasteiger partial charge < -0.3 is 10.2 Å². The lowest BCUT2D eigenvalue weighted by atomic mass is 10.1. The third kappa shape index (κ3) is 7.92. The first kappa shape index (κ1) is 30.4. The molecule has 2 amide bonds. The van der Waals surface area contributed by atoms with Crippen molar-refractivity contribution >= 4 is 43.5 Å². The van der Waals surface area contributed by atoms with E-state index in [1.807, 2.05) is 71.0 Å². The van der Waals surface area contributed by atoms with E-state index in [-0.39, 0.29) is 17.3 Å². The van der Waals surface area contributed by atoms with Crippen LogP contribution in [-0.4, -0.2) is 43.3 Å². The van der Waals surface area contributed by atoms with Gasteiger partial charge in [0.25, 0.3) is 10.0 Å². The first-order chi connectivity index (χ1) is 18.2. The average Bonchev–Trinajstić information content (AvgIpc) is 2.86. The molecule has 3 aromatic carbocycles. The van der Waals surface area contributed by atoms with Crippen LogP contribution in [0.2, 0.25) is 0 Å². The van der Waals surface area contributed by atoms with Gasteiger partial charge in [-0.25, -0.2) is 8.42 Å². The molecule has 0 unspecified atom stereocenters. The molecule has 39 heavy (non-hydrogen) atoms. The predicted octanol–water partition coefficient (Wildman–Crippen LogP) is 5.59. The van der Waals surface area contributed by atoms with Gasteiger partial charge in [-0.05, 0) is 83.0 Å². The molecule has 3 rings (SSSR count). The van der Waals surface area contributed by atoms with Crippen molar-refractivity contribution in [2.45, 2.75) is 64.6 Å². The molecule has 0 heterocycles. The second kappa shape index (κ2) is 12.3. The van der Waals surface area contributed by atoms with E-state index in [0.29, 0.717) is 5.69 Å². The summed E-state index contributed by atoms with van der Waals surface area (Å²) in [5.41, 5.74) is 2.42. The van der Waals surface area contributed by atoms with E-state index in [0.717, 1.165) is 25.5 Å². The topological polar surface area (TPSA) is 86.8 Å². The Morgan fingerprint density at radius 3 is 2.13 bits per heavy atom. The van der Waals surface area contributed by atoms with Gasteiger partial charge in [0.05, 0.1) is 10.6 Å². The number of anilines is 1. The van der Waals surface area contributed by atoms with Crippen LogP contribution in [0.4, 0.5) is 5.69 Å². The van der Waals surface area contributed by atoms with Gasteiger partial charge in [0.1, 0.15) is 12.6 Å². The molecule has 0 aromatic heterocycles. The van der Waals surface area contributed by atoms with E-state index in [9.17, 15) is 18.0 Å². The maximum absolute atomic E-state index is 14.0. The largest absolute Gasteiger partial charge is 0.350 e. The molecule has 9 heteroatoms. The lowest BCUT2D eigenvalue weighted by Gasteiger charge is -2.34. The van der Waals surface area contributed by atoms with Crippen molar-refractivity contribution in [1.82, 2.24) is 10.2 Å². The van der Waals surface area contributed by atoms with Crippen LogP contribution in [0.25, 0.3) is 0 Å². The molecule has 0 fully saturated rings. The van der Waals surface area contributed by atoms with Crippen LogP contribution >= 0.6 is 15.9 Å². The van der Waals surface area contributed by atoms with E-state index >= 15 is 0 Å². The molecular formula is C30H36BrN3O4S. The number of carbonyl (C=O) groups excluding carboxylic acids is 2. The lowest BCUT2D eigenvalue weighted by molar-refractivity contribution is -0.140. The standard InChI is InChI=1S/C30H36BrN3O4S/c1-21-12-17-27(22(2)18-21)34(39(37,38)26-10-8-7-9-11-26)20-28(35)33(19-24-13-15-25(31)16-14-24)23(3)29(36)32-30(4,5)6/h7-18,23H,19-20H2,1-6H3,(H,32,36)/t23-/m0/s1. The number of aryl methyl sites for hydroxylation is 2. The molecule has 0 aliphatic carbocycles. The maximum Gasteiger partial charge on any atom is 0.264 e. The molecular weight excluding hydrogens is 578 g/mol. The van der Waals surface area contributed by atoms with Gasteiger partial charge in [-0.2, -0.15) is 0 Å². The minimum Gasteiger partial charge on any atom is -0.350 e. The number of benzene rings is 3. The Balaban J connectivity index is 2.05. The number of sulfonamides is 1. The van der Waals surface area contributed by atoms with Crippen molar-refractivity contribution in [1.29, 1.82) is 0 Å². The van der Waals surface area contributed by atoms with Gasteiger partial charge in [0, 0.05) is 16.6 Å². The van der Waals surface area contributed by atoms with Crippen molar-refractivity contribution in [3.8, 4) is 0 Å². The summed E-state index contributed by atoms with van der Waals surface area (Å²) >= 11 is 3.42. The zero-order valence-electron chi connectivity index (χ0n) is 23.2. The summed E-state index contributed by atoms with van der Waals surface area (Å²) in [6.45, 7) is 10.7. The maximum atomic E-state index is 14.0. The zero-order valence-corrected chi connectivity index (χ0v) is 25.6. The quantitative estimate of drug-likeness (QED) is 0.341. The Bertz CT molecular complexity index is 1420. The molecule has 208 valence electrons. The van der Waals surface area contributed by atoms with Crippen LogP contribution in [-0.2, 0) is 26.2 Å². The molecule has 0 spiro atoms. The minimum absolute atomic E-state index is 0.0794. The Kier molecular flexibility index (Phi) is 9.61. The smallest absolute Gasteiger partial charge is 0.264 e. The first-order valence-electron chi connectivity index (χ1n) is 12.7. The predicted molar refractivity (Wildman–Crippen MR) is 159 cm³/mol. The Labute approximate surface area is 240 Å². The van der Waals surface area contributed by atoms with Crippen molar-refractivity contribution in [2.24, 2.45) is 0 Å². The summed E-state index contributed by atoms with van der Waals surface area (Å²) in [5, 5.41) is 2.93. The summed E-state index contributed by atoms with van der Waals surface area (Å²) in [6.07, 6.45) is 0.